The molecule has 0 saturated carbocycles. The highest BCUT2D eigenvalue weighted by atomic mass is 16.7. The lowest BCUT2D eigenvalue weighted by Crippen LogP contribution is -2.45. The Balaban J connectivity index is 2.66. The molecule has 0 bridgehead atoms. The van der Waals surface area contributed by atoms with Crippen LogP contribution in [-0.4, -0.2) is 9.85 Å². The first-order valence-corrected chi connectivity index (χ1v) is 4.96. The third kappa shape index (κ3) is 1.26. The molecule has 0 atom stereocenters. The predicted molar refractivity (Wildman–Crippen MR) is 55.0 cm³/mol. The summed E-state index contributed by atoms with van der Waals surface area (Å²) in [6.07, 6.45) is 1.10. The van der Waals surface area contributed by atoms with Gasteiger partial charge >= 0.3 is 5.66 Å². The van der Waals surface area contributed by atoms with Gasteiger partial charge in [0.05, 0.1) is 6.42 Å². The van der Waals surface area contributed by atoms with Gasteiger partial charge in [0.15, 0.2) is 0 Å². The summed E-state index contributed by atoms with van der Waals surface area (Å²) in [4.78, 5) is 20.5. The number of aryl methyl sites for hydroxylation is 1. The first-order valence-electron chi connectivity index (χ1n) is 4.96. The molecule has 0 spiro atoms. The summed E-state index contributed by atoms with van der Waals surface area (Å²) in [5.41, 5.74) is -1.20. The molecule has 0 radical (unpaired) electrons. The van der Waals surface area contributed by atoms with E-state index in [1.807, 2.05) is 0 Å². The molecule has 16 heavy (non-hydrogen) atoms. The molecule has 0 fully saturated rings. The fourth-order valence-electron chi connectivity index (χ4n) is 2.23. The Hall–Kier alpha value is -1.98. The average molecular weight is 222 g/mol. The van der Waals surface area contributed by atoms with E-state index in [9.17, 15) is 20.2 Å². The molecular weight excluding hydrogens is 212 g/mol. The summed E-state index contributed by atoms with van der Waals surface area (Å²) >= 11 is 0. The number of hydrogen-bond acceptors (Lipinski definition) is 4. The summed E-state index contributed by atoms with van der Waals surface area (Å²) < 4.78 is 0. The Kier molecular flexibility index (Phi) is 2.34. The first kappa shape index (κ1) is 10.5. The Morgan fingerprint density at radius 1 is 1.12 bits per heavy atom. The van der Waals surface area contributed by atoms with Crippen LogP contribution in [0.1, 0.15) is 24.0 Å². The molecule has 6 nitrogen and oxygen atoms in total. The van der Waals surface area contributed by atoms with E-state index in [-0.39, 0.29) is 12.0 Å². The van der Waals surface area contributed by atoms with E-state index in [0.717, 1.165) is 0 Å². The molecule has 1 aliphatic rings. The number of nitro groups is 2. The van der Waals surface area contributed by atoms with Crippen LogP contribution in [-0.2, 0) is 12.1 Å². The van der Waals surface area contributed by atoms with Gasteiger partial charge in [0.2, 0.25) is 0 Å². The smallest absolute Gasteiger partial charge is 0.258 e. The van der Waals surface area contributed by atoms with E-state index >= 15 is 0 Å². The molecule has 0 aromatic heterocycles. The Bertz CT molecular complexity index is 444. The van der Waals surface area contributed by atoms with Gasteiger partial charge in [-0.1, -0.05) is 18.2 Å². The van der Waals surface area contributed by atoms with Crippen molar-refractivity contribution in [1.82, 2.24) is 0 Å². The molecule has 0 unspecified atom stereocenters. The van der Waals surface area contributed by atoms with Crippen LogP contribution in [0.5, 0.6) is 0 Å². The predicted octanol–water partition coefficient (Wildman–Crippen LogP) is 1.73. The van der Waals surface area contributed by atoms with Crippen molar-refractivity contribution in [3.05, 3.63) is 55.6 Å². The van der Waals surface area contributed by atoms with Gasteiger partial charge in [-0.25, -0.2) is 0 Å². The molecule has 1 aromatic rings. The minimum atomic E-state index is -2.14. The van der Waals surface area contributed by atoms with Crippen molar-refractivity contribution < 1.29 is 9.85 Å². The van der Waals surface area contributed by atoms with E-state index in [1.54, 1.807) is 18.2 Å². The quantitative estimate of drug-likeness (QED) is 0.433. The maximum absolute atomic E-state index is 11.0. The Labute approximate surface area is 91.2 Å². The van der Waals surface area contributed by atoms with Crippen molar-refractivity contribution in [3.8, 4) is 0 Å². The molecule has 0 N–H and O–H groups in total. The van der Waals surface area contributed by atoms with Gasteiger partial charge in [0, 0.05) is 0 Å². The van der Waals surface area contributed by atoms with E-state index in [2.05, 4.69) is 0 Å². The molecule has 0 saturated heterocycles. The van der Waals surface area contributed by atoms with Crippen LogP contribution in [0.4, 0.5) is 0 Å². The zero-order valence-electron chi connectivity index (χ0n) is 8.46. The van der Waals surface area contributed by atoms with Crippen LogP contribution < -0.4 is 0 Å². The summed E-state index contributed by atoms with van der Waals surface area (Å²) in [6.45, 7) is 0. The van der Waals surface area contributed by atoms with E-state index in [4.69, 9.17) is 0 Å². The maximum atomic E-state index is 11.0. The highest BCUT2D eigenvalue weighted by molar-refractivity contribution is 5.32. The van der Waals surface area contributed by atoms with Crippen molar-refractivity contribution >= 4 is 0 Å². The molecule has 1 aromatic carbocycles. The van der Waals surface area contributed by atoms with Gasteiger partial charge in [-0.3, -0.25) is 20.2 Å². The number of rotatable bonds is 2. The van der Waals surface area contributed by atoms with Crippen LogP contribution >= 0.6 is 0 Å². The molecule has 84 valence electrons. The van der Waals surface area contributed by atoms with E-state index < -0.39 is 15.5 Å². The summed E-state index contributed by atoms with van der Waals surface area (Å²) in [5.74, 6) is 0. The maximum Gasteiger partial charge on any atom is 0.484 e. The van der Waals surface area contributed by atoms with Crippen molar-refractivity contribution in [1.29, 1.82) is 0 Å². The molecule has 0 amide bonds. The second kappa shape index (κ2) is 3.55. The largest absolute Gasteiger partial charge is 0.484 e. The Morgan fingerprint density at radius 2 is 1.75 bits per heavy atom. The molecule has 2 rings (SSSR count). The van der Waals surface area contributed by atoms with Crippen molar-refractivity contribution in [2.75, 3.05) is 0 Å². The molecule has 0 aliphatic heterocycles. The van der Waals surface area contributed by atoms with Crippen molar-refractivity contribution in [2.45, 2.75) is 24.9 Å². The average Bonchev–Trinajstić information content (AvgIpc) is 2.27. The third-order valence-corrected chi connectivity index (χ3v) is 3.02. The monoisotopic (exact) mass is 222 g/mol. The zero-order valence-corrected chi connectivity index (χ0v) is 8.46. The van der Waals surface area contributed by atoms with Gasteiger partial charge in [0.25, 0.3) is 0 Å². The summed E-state index contributed by atoms with van der Waals surface area (Å²) in [7, 11) is 0. The number of benzene rings is 1. The van der Waals surface area contributed by atoms with Crippen LogP contribution in [0, 0.1) is 20.2 Å². The van der Waals surface area contributed by atoms with Crippen LogP contribution in [0.3, 0.4) is 0 Å². The first-order chi connectivity index (χ1) is 7.59. The minimum absolute atomic E-state index is 0.0377. The van der Waals surface area contributed by atoms with Crippen molar-refractivity contribution in [3.63, 3.8) is 0 Å². The van der Waals surface area contributed by atoms with Crippen molar-refractivity contribution in [2.24, 2.45) is 0 Å². The number of fused-ring (bicyclic) bond motifs is 1. The molecular formula is C10H10N2O4. The normalized spacial score (nSPS) is 17.5. The number of nitrogens with zero attached hydrogens (tertiary/aromatic N) is 2. The van der Waals surface area contributed by atoms with Gasteiger partial charge < -0.3 is 0 Å². The van der Waals surface area contributed by atoms with Crippen LogP contribution in [0.25, 0.3) is 0 Å². The van der Waals surface area contributed by atoms with Crippen LogP contribution in [0.2, 0.25) is 0 Å². The third-order valence-electron chi connectivity index (χ3n) is 3.02. The van der Waals surface area contributed by atoms with E-state index in [1.165, 1.54) is 6.07 Å². The SMILES string of the molecule is O=[N+]([O-])C1([N+](=O)[O-])CCCc2ccccc21. The fourth-order valence-corrected chi connectivity index (χ4v) is 2.23. The lowest BCUT2D eigenvalue weighted by molar-refractivity contribution is -0.812. The van der Waals surface area contributed by atoms with Crippen LogP contribution in [0.15, 0.2) is 24.3 Å². The minimum Gasteiger partial charge on any atom is -0.258 e. The zero-order chi connectivity index (χ0) is 11.8. The standard InChI is InChI=1S/C10H10N2O4/c13-11(14)10(12(15)16)7-3-5-8-4-1-2-6-9(8)10/h1-2,4,6H,3,5,7H2. The molecule has 6 heteroatoms. The van der Waals surface area contributed by atoms with Gasteiger partial charge in [-0.05, 0) is 24.5 Å². The highest BCUT2D eigenvalue weighted by Gasteiger charge is 2.59. The summed E-state index contributed by atoms with van der Waals surface area (Å²) in [5, 5.41) is 22.1. The fraction of sp³-hybridized carbons (Fsp3) is 0.400. The second-order valence-electron chi connectivity index (χ2n) is 3.84. The van der Waals surface area contributed by atoms with Gasteiger partial charge in [0.1, 0.15) is 15.4 Å². The Morgan fingerprint density at radius 3 is 2.38 bits per heavy atom. The topological polar surface area (TPSA) is 86.3 Å². The summed E-state index contributed by atoms with van der Waals surface area (Å²) in [6, 6.07) is 6.55. The van der Waals surface area contributed by atoms with Gasteiger partial charge in [-0.2, -0.15) is 0 Å². The van der Waals surface area contributed by atoms with Gasteiger partial charge in [-0.15, -0.1) is 0 Å². The highest BCUT2D eigenvalue weighted by Crippen LogP contribution is 2.38. The van der Waals surface area contributed by atoms with E-state index in [0.29, 0.717) is 18.4 Å². The number of hydrogen-bond donors (Lipinski definition) is 0. The molecule has 1 aliphatic carbocycles. The molecule has 0 heterocycles. The second-order valence-corrected chi connectivity index (χ2v) is 3.84. The lowest BCUT2D eigenvalue weighted by atomic mass is 9.83. The lowest BCUT2D eigenvalue weighted by Gasteiger charge is -2.23.